The standard InChI is InChI=1S/C21H27N3O2/c1-4-7-20(25)23-17-12-10-16(11-13-17)22-14-21(26)24-19-9-6-5-8-18(19)15(2)3/h5-6,8-13,15,22H,4,7,14H2,1-3H3,(H,23,25)(H,24,26). The molecule has 0 fully saturated rings. The molecule has 0 saturated heterocycles. The van der Waals surface area contributed by atoms with E-state index in [4.69, 9.17) is 0 Å². The molecule has 0 aliphatic rings. The Hall–Kier alpha value is -2.82. The van der Waals surface area contributed by atoms with Crippen LogP contribution in [0.15, 0.2) is 48.5 Å². The first-order chi connectivity index (χ1) is 12.5. The molecule has 0 saturated carbocycles. The molecule has 5 nitrogen and oxygen atoms in total. The van der Waals surface area contributed by atoms with Gasteiger partial charge < -0.3 is 16.0 Å². The summed E-state index contributed by atoms with van der Waals surface area (Å²) in [5.74, 6) is 0.254. The SMILES string of the molecule is CCCC(=O)Nc1ccc(NCC(=O)Nc2ccccc2C(C)C)cc1. The molecule has 0 bridgehead atoms. The number of carbonyl (C=O) groups is 2. The summed E-state index contributed by atoms with van der Waals surface area (Å²) in [6.07, 6.45) is 1.33. The van der Waals surface area contributed by atoms with Gasteiger partial charge in [0, 0.05) is 23.5 Å². The number of amides is 2. The molecule has 0 heterocycles. The molecule has 0 aliphatic heterocycles. The summed E-state index contributed by atoms with van der Waals surface area (Å²) in [7, 11) is 0. The van der Waals surface area contributed by atoms with E-state index in [1.165, 1.54) is 0 Å². The third-order valence-electron chi connectivity index (χ3n) is 3.96. The van der Waals surface area contributed by atoms with Crippen molar-refractivity contribution in [3.05, 3.63) is 54.1 Å². The Morgan fingerprint density at radius 3 is 2.19 bits per heavy atom. The van der Waals surface area contributed by atoms with E-state index in [-0.39, 0.29) is 18.4 Å². The molecule has 0 spiro atoms. The highest BCUT2D eigenvalue weighted by atomic mass is 16.2. The highest BCUT2D eigenvalue weighted by molar-refractivity contribution is 5.94. The molecule has 138 valence electrons. The third-order valence-corrected chi connectivity index (χ3v) is 3.96. The first-order valence-corrected chi connectivity index (χ1v) is 9.02. The maximum Gasteiger partial charge on any atom is 0.243 e. The van der Waals surface area contributed by atoms with Crippen LogP contribution in [-0.4, -0.2) is 18.4 Å². The summed E-state index contributed by atoms with van der Waals surface area (Å²) < 4.78 is 0. The molecular formula is C21H27N3O2. The van der Waals surface area contributed by atoms with Crippen molar-refractivity contribution in [2.75, 3.05) is 22.5 Å². The van der Waals surface area contributed by atoms with E-state index in [9.17, 15) is 9.59 Å². The van der Waals surface area contributed by atoms with Crippen LogP contribution in [0.2, 0.25) is 0 Å². The van der Waals surface area contributed by atoms with Gasteiger partial charge in [0.25, 0.3) is 0 Å². The first-order valence-electron chi connectivity index (χ1n) is 9.02. The van der Waals surface area contributed by atoms with Gasteiger partial charge in [-0.2, -0.15) is 0 Å². The molecule has 3 N–H and O–H groups in total. The van der Waals surface area contributed by atoms with Gasteiger partial charge in [0.1, 0.15) is 0 Å². The predicted molar refractivity (Wildman–Crippen MR) is 108 cm³/mol. The lowest BCUT2D eigenvalue weighted by atomic mass is 10.0. The van der Waals surface area contributed by atoms with E-state index < -0.39 is 0 Å². The Morgan fingerprint density at radius 2 is 1.54 bits per heavy atom. The molecule has 5 heteroatoms. The number of hydrogen-bond donors (Lipinski definition) is 3. The number of carbonyl (C=O) groups excluding carboxylic acids is 2. The summed E-state index contributed by atoms with van der Waals surface area (Å²) in [4.78, 5) is 23.8. The minimum atomic E-state index is -0.0987. The molecule has 2 rings (SSSR count). The molecule has 0 unspecified atom stereocenters. The lowest BCUT2D eigenvalue weighted by Crippen LogP contribution is -2.22. The predicted octanol–water partition coefficient (Wildman–Crippen LogP) is 4.60. The van der Waals surface area contributed by atoms with E-state index >= 15 is 0 Å². The number of rotatable bonds is 8. The molecular weight excluding hydrogens is 326 g/mol. The van der Waals surface area contributed by atoms with Crippen LogP contribution < -0.4 is 16.0 Å². The van der Waals surface area contributed by atoms with Crippen molar-refractivity contribution in [3.8, 4) is 0 Å². The molecule has 2 amide bonds. The van der Waals surface area contributed by atoms with Crippen LogP contribution in [-0.2, 0) is 9.59 Å². The van der Waals surface area contributed by atoms with Crippen molar-refractivity contribution >= 4 is 28.9 Å². The van der Waals surface area contributed by atoms with Crippen LogP contribution in [0, 0.1) is 0 Å². The molecule has 2 aromatic rings. The van der Waals surface area contributed by atoms with E-state index in [1.54, 1.807) is 0 Å². The lowest BCUT2D eigenvalue weighted by molar-refractivity contribution is -0.116. The Balaban J connectivity index is 1.87. The zero-order valence-corrected chi connectivity index (χ0v) is 15.6. The van der Waals surface area contributed by atoms with Crippen molar-refractivity contribution in [3.63, 3.8) is 0 Å². The minimum Gasteiger partial charge on any atom is -0.376 e. The van der Waals surface area contributed by atoms with Gasteiger partial charge in [-0.05, 0) is 48.2 Å². The van der Waals surface area contributed by atoms with E-state index in [0.29, 0.717) is 12.3 Å². The van der Waals surface area contributed by atoms with Gasteiger partial charge in [-0.15, -0.1) is 0 Å². The Morgan fingerprint density at radius 1 is 0.885 bits per heavy atom. The summed E-state index contributed by atoms with van der Waals surface area (Å²) in [6, 6.07) is 15.2. The molecule has 0 atom stereocenters. The molecule has 0 radical (unpaired) electrons. The highest BCUT2D eigenvalue weighted by Crippen LogP contribution is 2.23. The quantitative estimate of drug-likeness (QED) is 0.649. The average Bonchev–Trinajstić information content (AvgIpc) is 2.61. The van der Waals surface area contributed by atoms with Crippen LogP contribution in [0.4, 0.5) is 17.1 Å². The van der Waals surface area contributed by atoms with Gasteiger partial charge in [0.2, 0.25) is 11.8 Å². The second-order valence-electron chi connectivity index (χ2n) is 6.52. The molecule has 2 aromatic carbocycles. The Labute approximate surface area is 155 Å². The van der Waals surface area contributed by atoms with Crippen molar-refractivity contribution < 1.29 is 9.59 Å². The Bertz CT molecular complexity index is 739. The van der Waals surface area contributed by atoms with E-state index in [1.807, 2.05) is 55.5 Å². The van der Waals surface area contributed by atoms with Gasteiger partial charge in [-0.3, -0.25) is 9.59 Å². The lowest BCUT2D eigenvalue weighted by Gasteiger charge is -2.14. The largest absolute Gasteiger partial charge is 0.376 e. The second-order valence-corrected chi connectivity index (χ2v) is 6.52. The number of hydrogen-bond acceptors (Lipinski definition) is 3. The van der Waals surface area contributed by atoms with Gasteiger partial charge in [-0.1, -0.05) is 39.0 Å². The van der Waals surface area contributed by atoms with Gasteiger partial charge in [-0.25, -0.2) is 0 Å². The molecule has 0 aliphatic carbocycles. The van der Waals surface area contributed by atoms with Crippen LogP contribution in [0.5, 0.6) is 0 Å². The number of anilines is 3. The van der Waals surface area contributed by atoms with Crippen LogP contribution >= 0.6 is 0 Å². The summed E-state index contributed by atoms with van der Waals surface area (Å²) >= 11 is 0. The smallest absolute Gasteiger partial charge is 0.243 e. The zero-order chi connectivity index (χ0) is 18.9. The Kier molecular flexibility index (Phi) is 7.21. The number of nitrogens with one attached hydrogen (secondary N) is 3. The molecule has 26 heavy (non-hydrogen) atoms. The number of benzene rings is 2. The number of para-hydroxylation sites is 1. The van der Waals surface area contributed by atoms with E-state index in [2.05, 4.69) is 29.8 Å². The van der Waals surface area contributed by atoms with Gasteiger partial charge >= 0.3 is 0 Å². The van der Waals surface area contributed by atoms with Crippen molar-refractivity contribution in [2.45, 2.75) is 39.5 Å². The maximum absolute atomic E-state index is 12.2. The first kappa shape index (κ1) is 19.5. The average molecular weight is 353 g/mol. The zero-order valence-electron chi connectivity index (χ0n) is 15.6. The summed E-state index contributed by atoms with van der Waals surface area (Å²) in [6.45, 7) is 6.35. The third kappa shape index (κ3) is 5.92. The van der Waals surface area contributed by atoms with Crippen molar-refractivity contribution in [1.29, 1.82) is 0 Å². The minimum absolute atomic E-state index is 0.0106. The summed E-state index contributed by atoms with van der Waals surface area (Å²) in [5.41, 5.74) is 3.55. The molecule has 0 aromatic heterocycles. The monoisotopic (exact) mass is 353 g/mol. The van der Waals surface area contributed by atoms with Gasteiger partial charge in [0.05, 0.1) is 6.54 Å². The topological polar surface area (TPSA) is 70.2 Å². The normalized spacial score (nSPS) is 10.5. The fraction of sp³-hybridized carbons (Fsp3) is 0.333. The van der Waals surface area contributed by atoms with Crippen molar-refractivity contribution in [2.24, 2.45) is 0 Å². The fourth-order valence-electron chi connectivity index (χ4n) is 2.61. The highest BCUT2D eigenvalue weighted by Gasteiger charge is 2.09. The van der Waals surface area contributed by atoms with Crippen molar-refractivity contribution in [1.82, 2.24) is 0 Å². The van der Waals surface area contributed by atoms with Crippen LogP contribution in [0.3, 0.4) is 0 Å². The fourth-order valence-corrected chi connectivity index (χ4v) is 2.61. The summed E-state index contributed by atoms with van der Waals surface area (Å²) in [5, 5.41) is 8.89. The van der Waals surface area contributed by atoms with Crippen LogP contribution in [0.1, 0.15) is 45.1 Å². The van der Waals surface area contributed by atoms with E-state index in [0.717, 1.165) is 29.0 Å². The van der Waals surface area contributed by atoms with Gasteiger partial charge in [0.15, 0.2) is 0 Å². The van der Waals surface area contributed by atoms with Crippen LogP contribution in [0.25, 0.3) is 0 Å². The maximum atomic E-state index is 12.2. The second kappa shape index (κ2) is 9.61.